The normalized spacial score (nSPS) is 12.9. The highest BCUT2D eigenvalue weighted by Crippen LogP contribution is 2.32. The van der Waals surface area contributed by atoms with Gasteiger partial charge in [0.15, 0.2) is 0 Å². The molecule has 2 aromatic rings. The van der Waals surface area contributed by atoms with Crippen molar-refractivity contribution in [3.63, 3.8) is 0 Å². The molecule has 0 spiro atoms. The highest BCUT2D eigenvalue weighted by molar-refractivity contribution is 6.34. The molecule has 0 fully saturated rings. The Bertz CT molecular complexity index is 1070. The van der Waals surface area contributed by atoms with Crippen LogP contribution >= 0.6 is 11.6 Å². The number of carbonyl (C=O) groups excluding carboxylic acids is 3. The number of halogens is 1. The van der Waals surface area contributed by atoms with Crippen LogP contribution in [0.2, 0.25) is 5.02 Å². The zero-order chi connectivity index (χ0) is 27.2. The van der Waals surface area contributed by atoms with Gasteiger partial charge in [0.2, 0.25) is 5.91 Å². The number of rotatable bonds is 8. The van der Waals surface area contributed by atoms with E-state index in [2.05, 4.69) is 10.6 Å². The number of benzene rings is 2. The minimum absolute atomic E-state index is 0.132. The molecule has 9 heteroatoms. The van der Waals surface area contributed by atoms with E-state index in [4.69, 9.17) is 16.3 Å². The molecule has 0 aliphatic carbocycles. The highest BCUT2D eigenvalue weighted by atomic mass is 35.5. The number of alkyl carbamates (subject to hydrolysis) is 1. The molecule has 0 saturated carbocycles. The minimum Gasteiger partial charge on any atom is -0.444 e. The van der Waals surface area contributed by atoms with Crippen molar-refractivity contribution in [2.24, 2.45) is 0 Å². The van der Waals surface area contributed by atoms with Crippen LogP contribution in [0.25, 0.3) is 0 Å². The van der Waals surface area contributed by atoms with E-state index in [1.165, 1.54) is 11.8 Å². The first-order valence-corrected chi connectivity index (χ1v) is 12.2. The summed E-state index contributed by atoms with van der Waals surface area (Å²) in [6, 6.07) is 8.73. The van der Waals surface area contributed by atoms with Gasteiger partial charge in [-0.3, -0.25) is 9.59 Å². The van der Waals surface area contributed by atoms with E-state index in [9.17, 15) is 19.5 Å². The summed E-state index contributed by atoms with van der Waals surface area (Å²) in [7, 11) is 0. The van der Waals surface area contributed by atoms with Gasteiger partial charge in [-0.2, -0.15) is 0 Å². The van der Waals surface area contributed by atoms with E-state index in [1.54, 1.807) is 32.9 Å². The smallest absolute Gasteiger partial charge is 0.408 e. The van der Waals surface area contributed by atoms with Crippen LogP contribution in [0.15, 0.2) is 36.4 Å². The SMILES string of the molecule is Cc1cccc(Cl)c1NC(=O)C(c1c(C)cccc1C)N(CCO)C(=O)C(C)NC(=O)OC(C)(C)C. The number of carbonyl (C=O) groups is 3. The van der Waals surface area contributed by atoms with Crippen LogP contribution in [0.5, 0.6) is 0 Å². The zero-order valence-corrected chi connectivity index (χ0v) is 22.7. The Morgan fingerprint density at radius 1 is 1.03 bits per heavy atom. The number of aliphatic hydroxyl groups is 1. The number of nitrogens with zero attached hydrogens (tertiary/aromatic N) is 1. The van der Waals surface area contributed by atoms with E-state index in [-0.39, 0.29) is 13.2 Å². The first-order valence-electron chi connectivity index (χ1n) is 11.8. The van der Waals surface area contributed by atoms with E-state index in [0.717, 1.165) is 16.7 Å². The van der Waals surface area contributed by atoms with Crippen molar-refractivity contribution in [3.8, 4) is 0 Å². The number of anilines is 1. The lowest BCUT2D eigenvalue weighted by Crippen LogP contribution is -2.52. The van der Waals surface area contributed by atoms with Crippen LogP contribution in [-0.2, 0) is 14.3 Å². The van der Waals surface area contributed by atoms with Crippen LogP contribution in [0.1, 0.15) is 56.0 Å². The third-order valence-electron chi connectivity index (χ3n) is 5.57. The van der Waals surface area contributed by atoms with Crippen molar-refractivity contribution < 1.29 is 24.2 Å². The maximum Gasteiger partial charge on any atom is 0.408 e. The van der Waals surface area contributed by atoms with Gasteiger partial charge in [0.25, 0.3) is 5.91 Å². The summed E-state index contributed by atoms with van der Waals surface area (Å²) in [5.41, 5.74) is 2.69. The second kappa shape index (κ2) is 12.2. The molecule has 2 atom stereocenters. The number of para-hydroxylation sites is 1. The molecule has 0 heterocycles. The second-order valence-electron chi connectivity index (χ2n) is 9.75. The average Bonchev–Trinajstić information content (AvgIpc) is 2.75. The summed E-state index contributed by atoms with van der Waals surface area (Å²) in [6.45, 7) is 11.7. The lowest BCUT2D eigenvalue weighted by atomic mass is 9.93. The molecular weight excluding hydrogens is 482 g/mol. The zero-order valence-electron chi connectivity index (χ0n) is 21.9. The van der Waals surface area contributed by atoms with Crippen molar-refractivity contribution >= 4 is 35.2 Å². The summed E-state index contributed by atoms with van der Waals surface area (Å²) in [6.07, 6.45) is -0.757. The van der Waals surface area contributed by atoms with Crippen LogP contribution in [0, 0.1) is 20.8 Å². The van der Waals surface area contributed by atoms with Crippen LogP contribution < -0.4 is 10.6 Å². The summed E-state index contributed by atoms with van der Waals surface area (Å²) < 4.78 is 5.27. The minimum atomic E-state index is -1.09. The summed E-state index contributed by atoms with van der Waals surface area (Å²) in [4.78, 5) is 41.0. The van der Waals surface area contributed by atoms with Gasteiger partial charge in [-0.1, -0.05) is 41.9 Å². The van der Waals surface area contributed by atoms with Crippen LogP contribution in [-0.4, -0.2) is 52.7 Å². The Hall–Kier alpha value is -3.10. The van der Waals surface area contributed by atoms with Gasteiger partial charge >= 0.3 is 6.09 Å². The number of aliphatic hydroxyl groups excluding tert-OH is 1. The molecule has 2 rings (SSSR count). The lowest BCUT2D eigenvalue weighted by Gasteiger charge is -2.34. The Morgan fingerprint density at radius 2 is 1.58 bits per heavy atom. The Kier molecular flexibility index (Phi) is 9.90. The maximum absolute atomic E-state index is 13.8. The summed E-state index contributed by atoms with van der Waals surface area (Å²) in [5.74, 6) is -1.04. The molecule has 0 aliphatic heterocycles. The average molecular weight is 518 g/mol. The molecule has 3 N–H and O–H groups in total. The molecule has 196 valence electrons. The molecule has 2 unspecified atom stereocenters. The van der Waals surface area contributed by atoms with Gasteiger partial charge in [0.1, 0.15) is 17.7 Å². The van der Waals surface area contributed by atoms with Gasteiger partial charge in [0.05, 0.1) is 17.3 Å². The van der Waals surface area contributed by atoms with Gasteiger partial charge in [-0.05, 0) is 76.8 Å². The quantitative estimate of drug-likeness (QED) is 0.471. The number of hydrogen-bond donors (Lipinski definition) is 3. The topological polar surface area (TPSA) is 108 Å². The van der Waals surface area contributed by atoms with Gasteiger partial charge in [-0.25, -0.2) is 4.79 Å². The molecular formula is C27H36ClN3O5. The van der Waals surface area contributed by atoms with Crippen LogP contribution in [0.3, 0.4) is 0 Å². The Labute approximate surface area is 218 Å². The molecule has 0 aromatic heterocycles. The molecule has 0 saturated heterocycles. The fourth-order valence-corrected chi connectivity index (χ4v) is 4.21. The number of aryl methyl sites for hydroxylation is 3. The van der Waals surface area contributed by atoms with Crippen LogP contribution in [0.4, 0.5) is 10.5 Å². The molecule has 36 heavy (non-hydrogen) atoms. The first-order chi connectivity index (χ1) is 16.8. The molecule has 0 radical (unpaired) electrons. The standard InChI is InChI=1S/C27H36ClN3O5/c1-16-10-8-11-17(2)21(16)23(24(33)30-22-18(3)12-9-13-20(22)28)31(14-15-32)25(34)19(4)29-26(35)36-27(5,6)7/h8-13,19,23,32H,14-15H2,1-7H3,(H,29,35)(H,30,33). The van der Waals surface area contributed by atoms with E-state index >= 15 is 0 Å². The fraction of sp³-hybridized carbons (Fsp3) is 0.444. The summed E-state index contributed by atoms with van der Waals surface area (Å²) in [5, 5.41) is 15.6. The molecule has 2 aromatic carbocycles. The largest absolute Gasteiger partial charge is 0.444 e. The van der Waals surface area contributed by atoms with Gasteiger partial charge in [-0.15, -0.1) is 0 Å². The predicted octanol–water partition coefficient (Wildman–Crippen LogP) is 4.68. The van der Waals surface area contributed by atoms with Gasteiger partial charge in [0, 0.05) is 6.54 Å². The van der Waals surface area contributed by atoms with Crippen molar-refractivity contribution in [1.82, 2.24) is 10.2 Å². The van der Waals surface area contributed by atoms with Crippen molar-refractivity contribution in [1.29, 1.82) is 0 Å². The van der Waals surface area contributed by atoms with E-state index < -0.39 is 35.6 Å². The highest BCUT2D eigenvalue weighted by Gasteiger charge is 2.36. The van der Waals surface area contributed by atoms with Crippen molar-refractivity contribution in [3.05, 3.63) is 63.7 Å². The second-order valence-corrected chi connectivity index (χ2v) is 10.2. The summed E-state index contributed by atoms with van der Waals surface area (Å²) >= 11 is 6.35. The monoisotopic (exact) mass is 517 g/mol. The number of amides is 3. The van der Waals surface area contributed by atoms with Crippen molar-refractivity contribution in [2.45, 2.75) is 66.2 Å². The number of nitrogens with one attached hydrogen (secondary N) is 2. The van der Waals surface area contributed by atoms with Gasteiger partial charge < -0.3 is 25.4 Å². The molecule has 0 bridgehead atoms. The maximum atomic E-state index is 13.8. The number of ether oxygens (including phenoxy) is 1. The molecule has 0 aliphatic rings. The predicted molar refractivity (Wildman–Crippen MR) is 141 cm³/mol. The van der Waals surface area contributed by atoms with Crippen molar-refractivity contribution in [2.75, 3.05) is 18.5 Å². The third-order valence-corrected chi connectivity index (χ3v) is 5.89. The lowest BCUT2D eigenvalue weighted by molar-refractivity contribution is -0.141. The molecule has 3 amide bonds. The Morgan fingerprint density at radius 3 is 2.11 bits per heavy atom. The first kappa shape index (κ1) is 29.1. The van der Waals surface area contributed by atoms with E-state index in [0.29, 0.717) is 16.3 Å². The third kappa shape index (κ3) is 7.45. The van der Waals surface area contributed by atoms with E-state index in [1.807, 2.05) is 45.0 Å². The number of hydrogen-bond acceptors (Lipinski definition) is 5. The fourth-order valence-electron chi connectivity index (χ4n) is 3.94. The molecule has 8 nitrogen and oxygen atoms in total. The Balaban J connectivity index is 2.51.